The first-order valence-electron chi connectivity index (χ1n) is 16.8. The molecule has 3 fully saturated rings. The lowest BCUT2D eigenvalue weighted by atomic mass is 9.70. The third kappa shape index (κ3) is 8.45. The minimum absolute atomic E-state index is 0.0846. The minimum Gasteiger partial charge on any atom is -0.383 e. The zero-order valence-corrected chi connectivity index (χ0v) is 28.5. The number of amides is 5. The van der Waals surface area contributed by atoms with Crippen LogP contribution in [0.2, 0.25) is 0 Å². The van der Waals surface area contributed by atoms with Gasteiger partial charge < -0.3 is 30.9 Å². The van der Waals surface area contributed by atoms with Crippen molar-refractivity contribution >= 4 is 29.5 Å². The topological polar surface area (TPSA) is 146 Å². The maximum Gasteiger partial charge on any atom is 0.315 e. The van der Waals surface area contributed by atoms with Gasteiger partial charge in [-0.05, 0) is 47.8 Å². The Morgan fingerprint density at radius 1 is 1.02 bits per heavy atom. The maximum atomic E-state index is 14.6. The smallest absolute Gasteiger partial charge is 0.315 e. The number of ketones is 1. The van der Waals surface area contributed by atoms with Crippen LogP contribution < -0.4 is 21.3 Å². The number of hydrogen-bond donors (Lipinski definition) is 4. The van der Waals surface area contributed by atoms with Gasteiger partial charge in [0.15, 0.2) is 0 Å². The first-order chi connectivity index (χ1) is 21.2. The summed E-state index contributed by atoms with van der Waals surface area (Å²) >= 11 is 0. The highest BCUT2D eigenvalue weighted by atomic mass is 16.5. The highest BCUT2D eigenvalue weighted by molar-refractivity contribution is 6.38. The number of unbranched alkanes of at least 4 members (excludes halogenated alkanes) is 1. The number of fused-ring (bicyclic) bond motifs is 1. The van der Waals surface area contributed by atoms with Gasteiger partial charge in [-0.25, -0.2) is 4.79 Å². The van der Waals surface area contributed by atoms with Gasteiger partial charge in [-0.1, -0.05) is 79.7 Å². The van der Waals surface area contributed by atoms with Gasteiger partial charge in [-0.2, -0.15) is 0 Å². The molecule has 3 rings (SSSR count). The second-order valence-electron chi connectivity index (χ2n) is 14.5. The van der Waals surface area contributed by atoms with Gasteiger partial charge in [0, 0.05) is 20.2 Å². The van der Waals surface area contributed by atoms with E-state index in [4.69, 9.17) is 4.74 Å². The van der Waals surface area contributed by atoms with Crippen LogP contribution in [-0.4, -0.2) is 85.4 Å². The number of nitrogens with one attached hydrogen (secondary N) is 4. The van der Waals surface area contributed by atoms with Crippen LogP contribution in [0, 0.1) is 28.6 Å². The molecule has 1 aliphatic heterocycles. The third-order valence-electron chi connectivity index (χ3n) is 10.6. The number of likely N-dealkylation sites (tertiary alicyclic amines) is 1. The molecule has 0 aromatic heterocycles. The molecule has 6 atom stereocenters. The number of ether oxygens (including phenoxy) is 1. The van der Waals surface area contributed by atoms with Crippen LogP contribution in [0.15, 0.2) is 12.7 Å². The second kappa shape index (κ2) is 15.6. The molecular weight excluding hydrogens is 574 g/mol. The van der Waals surface area contributed by atoms with E-state index >= 15 is 0 Å². The standard InChI is InChI=1S/C34H57N5O6/c1-9-11-15-23(27(40)30(42)35-18-10-2)36-29(41)26-25-22(33(25,5)6)19-39(26)31(43)28(34(7)16-13-12-14-17-34)38-32(44)37-24(20-45-8)21(3)4/h10,21-26,28H,2,9,11-20H2,1,3-8H3,(H,35,42)(H,36,41)(H2,37,38,44)/t22?,23?,24?,25?,26?,28-/m1/s1. The Morgan fingerprint density at radius 2 is 1.69 bits per heavy atom. The van der Waals surface area contributed by atoms with Crippen molar-refractivity contribution in [3.05, 3.63) is 12.7 Å². The number of Topliss-reactive ketones (excluding diaryl/α,β-unsaturated/α-hetero) is 1. The molecule has 4 N–H and O–H groups in total. The lowest BCUT2D eigenvalue weighted by Gasteiger charge is -2.43. The summed E-state index contributed by atoms with van der Waals surface area (Å²) in [6, 6.07) is -3.29. The van der Waals surface area contributed by atoms with E-state index in [1.165, 1.54) is 6.08 Å². The fraction of sp³-hybridized carbons (Fsp3) is 0.794. The number of carbonyl (C=O) groups excluding carboxylic acids is 5. The van der Waals surface area contributed by atoms with E-state index < -0.39 is 47.2 Å². The van der Waals surface area contributed by atoms with Gasteiger partial charge >= 0.3 is 6.03 Å². The van der Waals surface area contributed by atoms with E-state index in [2.05, 4.69) is 48.6 Å². The van der Waals surface area contributed by atoms with Crippen molar-refractivity contribution in [1.82, 2.24) is 26.2 Å². The van der Waals surface area contributed by atoms with Crippen LogP contribution in [0.4, 0.5) is 4.79 Å². The van der Waals surface area contributed by atoms with Crippen molar-refractivity contribution in [2.45, 2.75) is 117 Å². The van der Waals surface area contributed by atoms with Gasteiger partial charge in [-0.3, -0.25) is 19.2 Å². The predicted molar refractivity (Wildman–Crippen MR) is 173 cm³/mol. The molecular formula is C34H57N5O6. The average molecular weight is 632 g/mol. The van der Waals surface area contributed by atoms with E-state index in [1.807, 2.05) is 20.8 Å². The Balaban J connectivity index is 1.88. The molecule has 5 unspecified atom stereocenters. The molecule has 0 radical (unpaired) electrons. The second-order valence-corrected chi connectivity index (χ2v) is 14.5. The molecule has 5 amide bonds. The Kier molecular flexibility index (Phi) is 12.6. The molecule has 1 heterocycles. The van der Waals surface area contributed by atoms with Crippen LogP contribution in [0.25, 0.3) is 0 Å². The van der Waals surface area contributed by atoms with E-state index in [-0.39, 0.29) is 41.7 Å². The van der Waals surface area contributed by atoms with E-state index in [1.54, 1.807) is 12.0 Å². The quantitative estimate of drug-likeness (QED) is 0.152. The zero-order chi connectivity index (χ0) is 33.5. The summed E-state index contributed by atoms with van der Waals surface area (Å²) in [5.41, 5.74) is -0.629. The summed E-state index contributed by atoms with van der Waals surface area (Å²) < 4.78 is 5.30. The first-order valence-corrected chi connectivity index (χ1v) is 16.8. The molecule has 2 aliphatic carbocycles. The van der Waals surface area contributed by atoms with E-state index in [0.717, 1.165) is 38.5 Å². The molecule has 2 saturated carbocycles. The van der Waals surface area contributed by atoms with Crippen molar-refractivity contribution in [2.24, 2.45) is 28.6 Å². The summed E-state index contributed by atoms with van der Waals surface area (Å²) in [4.78, 5) is 69.3. The molecule has 45 heavy (non-hydrogen) atoms. The molecule has 11 heteroatoms. The van der Waals surface area contributed by atoms with Gasteiger partial charge in [0.1, 0.15) is 12.1 Å². The monoisotopic (exact) mass is 631 g/mol. The SMILES string of the molecule is C=CCNC(=O)C(=O)C(CCCC)NC(=O)C1C2C(CN1C(=O)[C@@H](NC(=O)NC(COC)C(C)C)C1(C)CCCCC1)C2(C)C. The van der Waals surface area contributed by atoms with Crippen LogP contribution in [-0.2, 0) is 23.9 Å². The maximum absolute atomic E-state index is 14.6. The van der Waals surface area contributed by atoms with Crippen molar-refractivity contribution in [3.63, 3.8) is 0 Å². The van der Waals surface area contributed by atoms with Crippen molar-refractivity contribution in [3.8, 4) is 0 Å². The van der Waals surface area contributed by atoms with Crippen LogP contribution in [0.1, 0.15) is 92.9 Å². The molecule has 1 saturated heterocycles. The van der Waals surface area contributed by atoms with Gasteiger partial charge in [0.2, 0.25) is 17.6 Å². The fourth-order valence-electron chi connectivity index (χ4n) is 7.43. The molecule has 0 spiro atoms. The summed E-state index contributed by atoms with van der Waals surface area (Å²) in [6.07, 6.45) is 7.80. The third-order valence-corrected chi connectivity index (χ3v) is 10.6. The van der Waals surface area contributed by atoms with Gasteiger partial charge in [0.25, 0.3) is 5.91 Å². The Morgan fingerprint density at radius 3 is 2.27 bits per heavy atom. The molecule has 0 aromatic carbocycles. The highest BCUT2D eigenvalue weighted by Crippen LogP contribution is 2.65. The summed E-state index contributed by atoms with van der Waals surface area (Å²) in [7, 11) is 1.59. The Bertz CT molecular complexity index is 1100. The van der Waals surface area contributed by atoms with Crippen molar-refractivity contribution in [2.75, 3.05) is 26.8 Å². The number of methoxy groups -OCH3 is 1. The highest BCUT2D eigenvalue weighted by Gasteiger charge is 2.70. The average Bonchev–Trinajstić information content (AvgIpc) is 3.30. The number of rotatable bonds is 16. The minimum atomic E-state index is -0.996. The number of nitrogens with zero attached hydrogens (tertiary/aromatic N) is 1. The fourth-order valence-corrected chi connectivity index (χ4v) is 7.43. The molecule has 3 aliphatic rings. The van der Waals surface area contributed by atoms with Crippen molar-refractivity contribution in [1.29, 1.82) is 0 Å². The number of urea groups is 1. The Labute approximate surface area is 269 Å². The lowest BCUT2D eigenvalue weighted by molar-refractivity contribution is -0.146. The molecule has 11 nitrogen and oxygen atoms in total. The van der Waals surface area contributed by atoms with Gasteiger partial charge in [-0.15, -0.1) is 6.58 Å². The zero-order valence-electron chi connectivity index (χ0n) is 28.5. The summed E-state index contributed by atoms with van der Waals surface area (Å²) in [5.74, 6) is -2.01. The van der Waals surface area contributed by atoms with Crippen LogP contribution in [0.5, 0.6) is 0 Å². The van der Waals surface area contributed by atoms with Crippen LogP contribution >= 0.6 is 0 Å². The van der Waals surface area contributed by atoms with E-state index in [9.17, 15) is 24.0 Å². The van der Waals surface area contributed by atoms with Crippen molar-refractivity contribution < 1.29 is 28.7 Å². The molecule has 0 bridgehead atoms. The number of piperidine rings is 1. The number of hydrogen-bond acceptors (Lipinski definition) is 6. The van der Waals surface area contributed by atoms with E-state index in [0.29, 0.717) is 26.0 Å². The Hall–Kier alpha value is -2.95. The molecule has 0 aromatic rings. The lowest BCUT2D eigenvalue weighted by Crippen LogP contribution is -2.63. The largest absolute Gasteiger partial charge is 0.383 e. The van der Waals surface area contributed by atoms with Gasteiger partial charge in [0.05, 0.1) is 18.7 Å². The predicted octanol–water partition coefficient (Wildman–Crippen LogP) is 3.32. The van der Waals surface area contributed by atoms with Crippen LogP contribution in [0.3, 0.4) is 0 Å². The normalized spacial score (nSPS) is 24.9. The first kappa shape index (κ1) is 36.5. The summed E-state index contributed by atoms with van der Waals surface area (Å²) in [6.45, 7) is 16.7. The summed E-state index contributed by atoms with van der Waals surface area (Å²) in [5, 5.41) is 11.4. The molecule has 254 valence electrons. The number of carbonyl (C=O) groups is 5.